The topological polar surface area (TPSA) is 88.2 Å². The lowest BCUT2D eigenvalue weighted by molar-refractivity contribution is 0.116. The molecule has 0 saturated carbocycles. The van der Waals surface area contributed by atoms with Crippen LogP contribution in [0.2, 0.25) is 0 Å². The molecular weight excluding hydrogens is 246 g/mol. The minimum absolute atomic E-state index is 0.242. The van der Waals surface area contributed by atoms with Crippen LogP contribution in [-0.4, -0.2) is 69.4 Å². The van der Waals surface area contributed by atoms with Gasteiger partial charge in [-0.1, -0.05) is 0 Å². The lowest BCUT2D eigenvalue weighted by atomic mass is 10.0. The van der Waals surface area contributed by atoms with E-state index in [9.17, 15) is 4.79 Å². The normalized spacial score (nSPS) is 18.3. The third kappa shape index (κ3) is 4.15. The molecule has 2 rings (SSSR count). The molecule has 0 spiro atoms. The van der Waals surface area contributed by atoms with Crippen LogP contribution in [-0.2, 0) is 6.54 Å². The average molecular weight is 269 g/mol. The quantitative estimate of drug-likeness (QED) is 0.640. The smallest absolute Gasteiger partial charge is 0.340 e. The van der Waals surface area contributed by atoms with Gasteiger partial charge in [0.15, 0.2) is 0 Å². The standard InChI is InChI=1S/C12H23N5O2/c1-16(5-2-8-18)10-3-6-17(7-4-10)9-11-13-12(19)15-14-11/h10,18H,2-9H2,1H3,(H2,13,14,15,19). The summed E-state index contributed by atoms with van der Waals surface area (Å²) in [7, 11) is 2.13. The molecule has 0 atom stereocenters. The van der Waals surface area contributed by atoms with E-state index in [4.69, 9.17) is 5.11 Å². The van der Waals surface area contributed by atoms with Crippen LogP contribution in [0.1, 0.15) is 25.1 Å². The van der Waals surface area contributed by atoms with Gasteiger partial charge in [-0.05, 0) is 26.3 Å². The van der Waals surface area contributed by atoms with E-state index in [1.54, 1.807) is 0 Å². The molecule has 0 bridgehead atoms. The van der Waals surface area contributed by atoms with Gasteiger partial charge in [-0.15, -0.1) is 0 Å². The second-order valence-corrected chi connectivity index (χ2v) is 5.19. The van der Waals surface area contributed by atoms with Gasteiger partial charge in [0.2, 0.25) is 0 Å². The molecule has 0 aliphatic carbocycles. The van der Waals surface area contributed by atoms with Crippen molar-refractivity contribution in [2.75, 3.05) is 33.3 Å². The lowest BCUT2D eigenvalue weighted by Crippen LogP contribution is -2.43. The zero-order valence-corrected chi connectivity index (χ0v) is 11.4. The van der Waals surface area contributed by atoms with Crippen molar-refractivity contribution in [2.24, 2.45) is 0 Å². The fourth-order valence-corrected chi connectivity index (χ4v) is 2.61. The Morgan fingerprint density at radius 2 is 2.21 bits per heavy atom. The minimum atomic E-state index is -0.242. The molecular formula is C12H23N5O2. The zero-order chi connectivity index (χ0) is 13.7. The van der Waals surface area contributed by atoms with Gasteiger partial charge in [-0.3, -0.25) is 9.88 Å². The van der Waals surface area contributed by atoms with Gasteiger partial charge >= 0.3 is 5.69 Å². The summed E-state index contributed by atoms with van der Waals surface area (Å²) in [5.41, 5.74) is -0.242. The number of hydrogen-bond acceptors (Lipinski definition) is 5. The van der Waals surface area contributed by atoms with E-state index in [0.717, 1.165) is 38.9 Å². The number of piperidine rings is 1. The van der Waals surface area contributed by atoms with E-state index >= 15 is 0 Å². The van der Waals surface area contributed by atoms with Crippen LogP contribution in [0, 0.1) is 0 Å². The van der Waals surface area contributed by atoms with Gasteiger partial charge in [0, 0.05) is 32.3 Å². The van der Waals surface area contributed by atoms with Gasteiger partial charge in [0.1, 0.15) is 5.82 Å². The summed E-state index contributed by atoms with van der Waals surface area (Å²) in [6, 6.07) is 0.598. The maximum Gasteiger partial charge on any atom is 0.340 e. The number of nitrogens with one attached hydrogen (secondary N) is 2. The minimum Gasteiger partial charge on any atom is -0.396 e. The highest BCUT2D eigenvalue weighted by Gasteiger charge is 2.22. The van der Waals surface area contributed by atoms with Crippen LogP contribution in [0.15, 0.2) is 4.79 Å². The molecule has 1 aliphatic heterocycles. The van der Waals surface area contributed by atoms with Crippen molar-refractivity contribution in [3.63, 3.8) is 0 Å². The Hall–Kier alpha value is -1.18. The van der Waals surface area contributed by atoms with E-state index in [1.165, 1.54) is 0 Å². The molecule has 0 radical (unpaired) electrons. The first kappa shape index (κ1) is 14.2. The van der Waals surface area contributed by atoms with Crippen molar-refractivity contribution in [3.8, 4) is 0 Å². The van der Waals surface area contributed by atoms with Crippen LogP contribution in [0.25, 0.3) is 0 Å². The van der Waals surface area contributed by atoms with Gasteiger partial charge in [-0.2, -0.15) is 5.10 Å². The number of aliphatic hydroxyl groups is 1. The number of likely N-dealkylation sites (tertiary alicyclic amines) is 1. The highest BCUT2D eigenvalue weighted by molar-refractivity contribution is 4.84. The van der Waals surface area contributed by atoms with E-state index in [2.05, 4.69) is 32.0 Å². The van der Waals surface area contributed by atoms with E-state index in [1.807, 2.05) is 0 Å². The highest BCUT2D eigenvalue weighted by atomic mass is 16.3. The molecule has 1 saturated heterocycles. The Bertz CT molecular complexity index is 422. The zero-order valence-electron chi connectivity index (χ0n) is 11.4. The molecule has 1 fully saturated rings. The van der Waals surface area contributed by atoms with Crippen molar-refractivity contribution in [1.29, 1.82) is 0 Å². The van der Waals surface area contributed by atoms with E-state index in [0.29, 0.717) is 18.4 Å². The Morgan fingerprint density at radius 3 is 2.79 bits per heavy atom. The molecule has 1 aromatic heterocycles. The first-order valence-corrected chi connectivity index (χ1v) is 6.86. The summed E-state index contributed by atoms with van der Waals surface area (Å²) in [4.78, 5) is 18.3. The lowest BCUT2D eigenvalue weighted by Gasteiger charge is -2.36. The predicted octanol–water partition coefficient (Wildman–Crippen LogP) is -0.623. The van der Waals surface area contributed by atoms with Crippen molar-refractivity contribution in [3.05, 3.63) is 16.3 Å². The third-order valence-corrected chi connectivity index (χ3v) is 3.77. The van der Waals surface area contributed by atoms with Crippen LogP contribution in [0.5, 0.6) is 0 Å². The monoisotopic (exact) mass is 269 g/mol. The second-order valence-electron chi connectivity index (χ2n) is 5.19. The Labute approximate surface area is 112 Å². The van der Waals surface area contributed by atoms with Crippen molar-refractivity contribution in [2.45, 2.75) is 31.8 Å². The SMILES string of the molecule is CN(CCCO)C1CCN(Cc2n[nH]c(=O)[nH]2)CC1. The second kappa shape index (κ2) is 6.83. The fourth-order valence-electron chi connectivity index (χ4n) is 2.61. The van der Waals surface area contributed by atoms with Crippen LogP contribution < -0.4 is 5.69 Å². The summed E-state index contributed by atoms with van der Waals surface area (Å²) in [6.45, 7) is 3.95. The van der Waals surface area contributed by atoms with Crippen LogP contribution >= 0.6 is 0 Å². The summed E-state index contributed by atoms with van der Waals surface area (Å²) in [5, 5.41) is 15.2. The maximum atomic E-state index is 11.0. The van der Waals surface area contributed by atoms with Crippen molar-refractivity contribution >= 4 is 0 Å². The molecule has 1 aromatic rings. The van der Waals surface area contributed by atoms with Gasteiger partial charge in [-0.25, -0.2) is 9.89 Å². The molecule has 1 aliphatic rings. The Kier molecular flexibility index (Phi) is 5.12. The molecule has 7 heteroatoms. The van der Waals surface area contributed by atoms with E-state index in [-0.39, 0.29) is 12.3 Å². The van der Waals surface area contributed by atoms with Crippen molar-refractivity contribution in [1.82, 2.24) is 25.0 Å². The summed E-state index contributed by atoms with van der Waals surface area (Å²) >= 11 is 0. The van der Waals surface area contributed by atoms with Crippen molar-refractivity contribution < 1.29 is 5.11 Å². The Morgan fingerprint density at radius 1 is 1.47 bits per heavy atom. The number of aromatic nitrogens is 3. The number of rotatable bonds is 6. The largest absolute Gasteiger partial charge is 0.396 e. The Balaban J connectivity index is 1.74. The molecule has 2 heterocycles. The van der Waals surface area contributed by atoms with Gasteiger partial charge in [0.25, 0.3) is 0 Å². The number of hydrogen-bond donors (Lipinski definition) is 3. The van der Waals surface area contributed by atoms with E-state index < -0.39 is 0 Å². The third-order valence-electron chi connectivity index (χ3n) is 3.77. The number of aromatic amines is 2. The summed E-state index contributed by atoms with van der Waals surface area (Å²) in [6.07, 6.45) is 3.08. The van der Waals surface area contributed by atoms with Gasteiger partial charge in [0.05, 0.1) is 6.54 Å². The summed E-state index contributed by atoms with van der Waals surface area (Å²) in [5.74, 6) is 0.706. The molecule has 108 valence electrons. The van der Waals surface area contributed by atoms with Crippen LogP contribution in [0.4, 0.5) is 0 Å². The maximum absolute atomic E-state index is 11.0. The molecule has 3 N–H and O–H groups in total. The first-order chi connectivity index (χ1) is 9.19. The molecule has 19 heavy (non-hydrogen) atoms. The molecule has 0 aromatic carbocycles. The fraction of sp³-hybridized carbons (Fsp3) is 0.833. The van der Waals surface area contributed by atoms with Crippen LogP contribution in [0.3, 0.4) is 0 Å². The average Bonchev–Trinajstić information content (AvgIpc) is 2.82. The highest BCUT2D eigenvalue weighted by Crippen LogP contribution is 2.16. The molecule has 0 amide bonds. The first-order valence-electron chi connectivity index (χ1n) is 6.86. The summed E-state index contributed by atoms with van der Waals surface area (Å²) < 4.78 is 0. The number of nitrogens with zero attached hydrogens (tertiary/aromatic N) is 3. The molecule has 0 unspecified atom stereocenters. The van der Waals surface area contributed by atoms with Gasteiger partial charge < -0.3 is 10.0 Å². The molecule has 7 nitrogen and oxygen atoms in total. The predicted molar refractivity (Wildman–Crippen MR) is 71.8 cm³/mol. The number of H-pyrrole nitrogens is 2. The number of aliphatic hydroxyl groups excluding tert-OH is 1.